The Morgan fingerprint density at radius 1 is 0.717 bits per heavy atom. The molecule has 1 atom stereocenters. The summed E-state index contributed by atoms with van der Waals surface area (Å²) in [6, 6.07) is 15.6. The fourth-order valence-electron chi connectivity index (χ4n) is 5.87. The second-order valence-corrected chi connectivity index (χ2v) is 13.3. The molecule has 3 rings (SSSR count). The fourth-order valence-corrected chi connectivity index (χ4v) is 5.87. The molecule has 0 radical (unpaired) electrons. The van der Waals surface area contributed by atoms with Crippen molar-refractivity contribution in [3.8, 4) is 11.1 Å². The van der Waals surface area contributed by atoms with Gasteiger partial charge in [0.05, 0.1) is 6.61 Å². The maximum absolute atomic E-state index is 12.9. The molecule has 8 nitrogen and oxygen atoms in total. The highest BCUT2D eigenvalue weighted by Gasteiger charge is 2.29. The predicted molar refractivity (Wildman–Crippen MR) is 183 cm³/mol. The van der Waals surface area contributed by atoms with Crippen LogP contribution in [0.25, 0.3) is 11.1 Å². The average Bonchev–Trinajstić information content (AvgIpc) is 3.34. The number of unbranched alkanes of at least 4 members (excludes halogenated alkanes) is 10. The number of carbonyl (C=O) groups is 3. The number of hydrogen-bond acceptors (Lipinski definition) is 6. The van der Waals surface area contributed by atoms with Gasteiger partial charge in [0.2, 0.25) is 0 Å². The molecule has 2 N–H and O–H groups in total. The van der Waals surface area contributed by atoms with Crippen molar-refractivity contribution in [2.24, 2.45) is 0 Å². The molecule has 1 aliphatic carbocycles. The number of benzene rings is 2. The average molecular weight is 637 g/mol. The molecule has 0 aromatic heterocycles. The van der Waals surface area contributed by atoms with Gasteiger partial charge in [-0.25, -0.2) is 14.4 Å². The van der Waals surface area contributed by atoms with Gasteiger partial charge in [-0.2, -0.15) is 0 Å². The molecule has 0 saturated heterocycles. The molecule has 1 aliphatic rings. The summed E-state index contributed by atoms with van der Waals surface area (Å²) in [6.45, 7) is 8.56. The van der Waals surface area contributed by atoms with E-state index in [0.29, 0.717) is 32.4 Å². The first-order chi connectivity index (χ1) is 22.2. The summed E-state index contributed by atoms with van der Waals surface area (Å²) in [4.78, 5) is 37.8. The van der Waals surface area contributed by atoms with Crippen LogP contribution in [0.3, 0.4) is 0 Å². The van der Waals surface area contributed by atoms with E-state index in [9.17, 15) is 14.4 Å². The lowest BCUT2D eigenvalue weighted by Crippen LogP contribution is -2.44. The zero-order valence-corrected chi connectivity index (χ0v) is 28.5. The molecule has 8 heteroatoms. The number of carbonyl (C=O) groups excluding carboxylic acids is 3. The van der Waals surface area contributed by atoms with Crippen molar-refractivity contribution in [3.05, 3.63) is 59.7 Å². The number of nitrogens with one attached hydrogen (secondary N) is 2. The highest BCUT2D eigenvalue weighted by atomic mass is 16.6. The molecule has 0 aliphatic heterocycles. The van der Waals surface area contributed by atoms with Gasteiger partial charge in [0.15, 0.2) is 0 Å². The van der Waals surface area contributed by atoms with Crippen LogP contribution in [0.2, 0.25) is 0 Å². The third-order valence-electron chi connectivity index (χ3n) is 8.25. The lowest BCUT2D eigenvalue weighted by molar-refractivity contribution is -0.146. The fraction of sp³-hybridized carbons (Fsp3) is 0.605. The second-order valence-electron chi connectivity index (χ2n) is 13.3. The highest BCUT2D eigenvalue weighted by Crippen LogP contribution is 2.44. The maximum Gasteiger partial charge on any atom is 0.408 e. The molecular weight excluding hydrogens is 580 g/mol. The van der Waals surface area contributed by atoms with E-state index in [1.807, 2.05) is 24.3 Å². The molecule has 1 unspecified atom stereocenters. The molecule has 0 spiro atoms. The standard InChI is InChI=1S/C38H56N2O6/c1-5-6-7-8-9-10-11-12-13-20-27-44-35(41)34(40-37(43)46-38(2,3)4)25-18-19-26-39-36(42)45-28-33-31-23-16-14-21-29(31)30-22-15-17-24-32(30)33/h14-17,21-24,33-34H,5-13,18-20,25-28H2,1-4H3,(H,39,42)(H,40,43). The summed E-state index contributed by atoms with van der Waals surface area (Å²) in [5, 5.41) is 5.50. The Kier molecular flexibility index (Phi) is 15.9. The Hall–Kier alpha value is -3.55. The van der Waals surface area contributed by atoms with E-state index >= 15 is 0 Å². The summed E-state index contributed by atoms with van der Waals surface area (Å²) in [6.07, 6.45) is 12.5. The monoisotopic (exact) mass is 636 g/mol. The third kappa shape index (κ3) is 13.1. The van der Waals surface area contributed by atoms with Crippen LogP contribution in [0.15, 0.2) is 48.5 Å². The SMILES string of the molecule is CCCCCCCCCCCCOC(=O)C(CCCCNC(=O)OCC1c2ccccc2-c2ccccc21)NC(=O)OC(C)(C)C. The molecule has 0 heterocycles. The molecule has 2 aromatic rings. The minimum Gasteiger partial charge on any atom is -0.464 e. The van der Waals surface area contributed by atoms with Gasteiger partial charge in [-0.05, 0) is 68.7 Å². The quantitative estimate of drug-likeness (QED) is 0.0854. The molecule has 2 aromatic carbocycles. The topological polar surface area (TPSA) is 103 Å². The summed E-state index contributed by atoms with van der Waals surface area (Å²) in [5.41, 5.74) is 4.02. The van der Waals surface area contributed by atoms with Gasteiger partial charge in [-0.1, -0.05) is 113 Å². The lowest BCUT2D eigenvalue weighted by atomic mass is 9.98. The molecule has 2 amide bonds. The molecule has 0 bridgehead atoms. The number of fused-ring (bicyclic) bond motifs is 3. The zero-order chi connectivity index (χ0) is 33.2. The molecule has 254 valence electrons. The molecular formula is C38H56N2O6. The van der Waals surface area contributed by atoms with Crippen LogP contribution in [-0.2, 0) is 19.0 Å². The van der Waals surface area contributed by atoms with Gasteiger partial charge in [0.1, 0.15) is 18.2 Å². The number of ether oxygens (including phenoxy) is 3. The summed E-state index contributed by atoms with van der Waals surface area (Å²) >= 11 is 0. The zero-order valence-electron chi connectivity index (χ0n) is 28.5. The molecule has 0 fully saturated rings. The van der Waals surface area contributed by atoms with Crippen LogP contribution in [0.1, 0.15) is 128 Å². The van der Waals surface area contributed by atoms with Crippen LogP contribution < -0.4 is 10.6 Å². The number of hydrogen-bond donors (Lipinski definition) is 2. The lowest BCUT2D eigenvalue weighted by Gasteiger charge is -2.23. The van der Waals surface area contributed by atoms with Gasteiger partial charge in [0.25, 0.3) is 0 Å². The van der Waals surface area contributed by atoms with Crippen LogP contribution in [0.4, 0.5) is 9.59 Å². The summed E-state index contributed by atoms with van der Waals surface area (Å²) < 4.78 is 16.5. The van der Waals surface area contributed by atoms with E-state index in [1.165, 1.54) is 67.2 Å². The minimum atomic E-state index is -0.813. The van der Waals surface area contributed by atoms with E-state index in [1.54, 1.807) is 20.8 Å². The van der Waals surface area contributed by atoms with E-state index < -0.39 is 29.8 Å². The van der Waals surface area contributed by atoms with E-state index in [2.05, 4.69) is 41.8 Å². The van der Waals surface area contributed by atoms with Gasteiger partial charge < -0.3 is 24.8 Å². The van der Waals surface area contributed by atoms with Gasteiger partial charge >= 0.3 is 18.2 Å². The Balaban J connectivity index is 1.35. The van der Waals surface area contributed by atoms with E-state index in [-0.39, 0.29) is 12.5 Å². The molecule has 46 heavy (non-hydrogen) atoms. The summed E-state index contributed by atoms with van der Waals surface area (Å²) in [7, 11) is 0. The van der Waals surface area contributed by atoms with Crippen molar-refractivity contribution in [1.29, 1.82) is 0 Å². The smallest absolute Gasteiger partial charge is 0.408 e. The minimum absolute atomic E-state index is 0.00386. The first-order valence-electron chi connectivity index (χ1n) is 17.4. The third-order valence-corrected chi connectivity index (χ3v) is 8.25. The largest absolute Gasteiger partial charge is 0.464 e. The number of esters is 1. The van der Waals surface area contributed by atoms with Crippen molar-refractivity contribution in [1.82, 2.24) is 10.6 Å². The number of amides is 2. The van der Waals surface area contributed by atoms with E-state index in [0.717, 1.165) is 19.3 Å². The number of alkyl carbamates (subject to hydrolysis) is 2. The second kappa shape index (κ2) is 19.9. The van der Waals surface area contributed by atoms with Crippen LogP contribution in [0.5, 0.6) is 0 Å². The Morgan fingerprint density at radius 2 is 1.28 bits per heavy atom. The maximum atomic E-state index is 12.9. The molecule has 0 saturated carbocycles. The first-order valence-corrected chi connectivity index (χ1v) is 17.4. The van der Waals surface area contributed by atoms with E-state index in [4.69, 9.17) is 14.2 Å². The van der Waals surface area contributed by atoms with Gasteiger partial charge in [-0.15, -0.1) is 0 Å². The van der Waals surface area contributed by atoms with Crippen molar-refractivity contribution in [2.45, 2.75) is 129 Å². The van der Waals surface area contributed by atoms with Crippen LogP contribution in [-0.4, -0.2) is 49.6 Å². The van der Waals surface area contributed by atoms with Crippen molar-refractivity contribution >= 4 is 18.2 Å². The van der Waals surface area contributed by atoms with Crippen LogP contribution in [0, 0.1) is 0 Å². The highest BCUT2D eigenvalue weighted by molar-refractivity contribution is 5.81. The predicted octanol–water partition coefficient (Wildman–Crippen LogP) is 9.05. The van der Waals surface area contributed by atoms with Crippen LogP contribution >= 0.6 is 0 Å². The van der Waals surface area contributed by atoms with Crippen molar-refractivity contribution in [2.75, 3.05) is 19.8 Å². The summed E-state index contributed by atoms with van der Waals surface area (Å²) in [5.74, 6) is -0.449. The normalized spacial score (nSPS) is 13.0. The van der Waals surface area contributed by atoms with Crippen molar-refractivity contribution in [3.63, 3.8) is 0 Å². The number of rotatable bonds is 20. The van der Waals surface area contributed by atoms with Gasteiger partial charge in [-0.3, -0.25) is 0 Å². The van der Waals surface area contributed by atoms with Gasteiger partial charge in [0, 0.05) is 12.5 Å². The Morgan fingerprint density at radius 3 is 1.87 bits per heavy atom. The Labute approximate surface area is 276 Å². The first kappa shape index (κ1) is 36.9. The van der Waals surface area contributed by atoms with Crippen molar-refractivity contribution < 1.29 is 28.6 Å². The Bertz CT molecular complexity index is 1180.